The van der Waals surface area contributed by atoms with Gasteiger partial charge in [-0.15, -0.1) is 0 Å². The number of carbonyl (C=O) groups excluding carboxylic acids is 3. The highest BCUT2D eigenvalue weighted by molar-refractivity contribution is 6.39. The van der Waals surface area contributed by atoms with Crippen LogP contribution < -0.4 is 20.7 Å². The highest BCUT2D eigenvalue weighted by Gasteiger charge is 2.26. The van der Waals surface area contributed by atoms with E-state index in [1.54, 1.807) is 29.2 Å². The first-order valence-corrected chi connectivity index (χ1v) is 9.48. The molecule has 1 heterocycles. The van der Waals surface area contributed by atoms with Gasteiger partial charge in [0.05, 0.1) is 7.11 Å². The maximum Gasteiger partial charge on any atom is 0.317 e. The average molecular weight is 390 g/mol. The summed E-state index contributed by atoms with van der Waals surface area (Å²) in [6, 6.07) is 6.75. The molecule has 1 saturated heterocycles. The van der Waals surface area contributed by atoms with Crippen molar-refractivity contribution in [3.8, 4) is 5.75 Å². The number of nitrogens with zero attached hydrogens (tertiary/aromatic N) is 1. The van der Waals surface area contributed by atoms with Crippen LogP contribution in [-0.4, -0.2) is 55.0 Å². The number of amides is 4. The third-order valence-corrected chi connectivity index (χ3v) is 4.47. The van der Waals surface area contributed by atoms with Gasteiger partial charge < -0.3 is 25.6 Å². The van der Waals surface area contributed by atoms with Gasteiger partial charge in [0, 0.05) is 36.9 Å². The molecule has 1 fully saturated rings. The fourth-order valence-corrected chi connectivity index (χ4v) is 2.95. The second kappa shape index (κ2) is 9.43. The molecule has 1 aromatic carbocycles. The molecule has 28 heavy (non-hydrogen) atoms. The second-order valence-electron chi connectivity index (χ2n) is 8.01. The summed E-state index contributed by atoms with van der Waals surface area (Å²) in [7, 11) is 1.53. The van der Waals surface area contributed by atoms with Crippen LogP contribution in [0.2, 0.25) is 0 Å². The van der Waals surface area contributed by atoms with Crippen LogP contribution in [0.5, 0.6) is 5.75 Å². The molecule has 3 N–H and O–H groups in total. The SMILES string of the molecule is COc1cccc(NC(=O)C(=O)NCC2CCN(C(=O)NC(C)(C)C)CC2)c1. The quantitative estimate of drug-likeness (QED) is 0.685. The van der Waals surface area contributed by atoms with Gasteiger partial charge in [-0.1, -0.05) is 6.07 Å². The maximum absolute atomic E-state index is 12.2. The van der Waals surface area contributed by atoms with E-state index in [9.17, 15) is 14.4 Å². The van der Waals surface area contributed by atoms with E-state index in [2.05, 4.69) is 16.0 Å². The fraction of sp³-hybridized carbons (Fsp3) is 0.550. The van der Waals surface area contributed by atoms with Gasteiger partial charge in [0.1, 0.15) is 5.75 Å². The highest BCUT2D eigenvalue weighted by Crippen LogP contribution is 2.18. The van der Waals surface area contributed by atoms with E-state index >= 15 is 0 Å². The average Bonchev–Trinajstić information content (AvgIpc) is 2.65. The third-order valence-electron chi connectivity index (χ3n) is 4.47. The number of hydrogen-bond acceptors (Lipinski definition) is 4. The van der Waals surface area contributed by atoms with Crippen molar-refractivity contribution in [2.24, 2.45) is 5.92 Å². The first kappa shape index (κ1) is 21.5. The number of nitrogens with one attached hydrogen (secondary N) is 3. The zero-order valence-electron chi connectivity index (χ0n) is 17.0. The van der Waals surface area contributed by atoms with Gasteiger partial charge in [-0.3, -0.25) is 9.59 Å². The van der Waals surface area contributed by atoms with E-state index in [1.807, 2.05) is 20.8 Å². The molecular weight excluding hydrogens is 360 g/mol. The molecule has 1 aliphatic heterocycles. The Kier molecular flexibility index (Phi) is 7.25. The Morgan fingerprint density at radius 1 is 1.14 bits per heavy atom. The molecule has 2 rings (SSSR count). The molecule has 0 aliphatic carbocycles. The molecule has 8 nitrogen and oxygen atoms in total. The van der Waals surface area contributed by atoms with Crippen LogP contribution in [0.15, 0.2) is 24.3 Å². The number of methoxy groups -OCH3 is 1. The van der Waals surface area contributed by atoms with E-state index in [1.165, 1.54) is 7.11 Å². The first-order chi connectivity index (χ1) is 13.2. The Hall–Kier alpha value is -2.77. The van der Waals surface area contributed by atoms with Crippen molar-refractivity contribution in [3.63, 3.8) is 0 Å². The Morgan fingerprint density at radius 2 is 1.82 bits per heavy atom. The van der Waals surface area contributed by atoms with Crippen molar-refractivity contribution >= 4 is 23.5 Å². The Labute approximate surface area is 166 Å². The van der Waals surface area contributed by atoms with E-state index in [-0.39, 0.29) is 17.5 Å². The Bertz CT molecular complexity index is 706. The standard InChI is InChI=1S/C20H30N4O4/c1-20(2,3)23-19(27)24-10-8-14(9-11-24)13-21-17(25)18(26)22-15-6-5-7-16(12-15)28-4/h5-7,12,14H,8-11,13H2,1-4H3,(H,21,25)(H,22,26)(H,23,27). The number of urea groups is 1. The molecule has 0 aromatic heterocycles. The van der Waals surface area contributed by atoms with Gasteiger partial charge in [-0.05, 0) is 51.7 Å². The second-order valence-corrected chi connectivity index (χ2v) is 8.01. The minimum absolute atomic E-state index is 0.0624. The first-order valence-electron chi connectivity index (χ1n) is 9.48. The zero-order valence-corrected chi connectivity index (χ0v) is 17.0. The summed E-state index contributed by atoms with van der Waals surface area (Å²) in [5.41, 5.74) is 0.232. The monoisotopic (exact) mass is 390 g/mol. The van der Waals surface area contributed by atoms with E-state index in [0.29, 0.717) is 31.1 Å². The molecule has 0 saturated carbocycles. The van der Waals surface area contributed by atoms with E-state index in [0.717, 1.165) is 12.8 Å². The van der Waals surface area contributed by atoms with Crippen LogP contribution in [-0.2, 0) is 9.59 Å². The molecule has 4 amide bonds. The summed E-state index contributed by atoms with van der Waals surface area (Å²) in [5, 5.41) is 8.19. The largest absolute Gasteiger partial charge is 0.497 e. The number of piperidine rings is 1. The number of likely N-dealkylation sites (tertiary alicyclic amines) is 1. The van der Waals surface area contributed by atoms with Gasteiger partial charge in [-0.2, -0.15) is 0 Å². The summed E-state index contributed by atoms with van der Waals surface area (Å²) in [5.74, 6) is -0.543. The maximum atomic E-state index is 12.2. The fourth-order valence-electron chi connectivity index (χ4n) is 2.95. The Morgan fingerprint density at radius 3 is 2.43 bits per heavy atom. The van der Waals surface area contributed by atoms with Gasteiger partial charge in [0.15, 0.2) is 0 Å². The number of anilines is 1. The summed E-state index contributed by atoms with van der Waals surface area (Å²) in [6.45, 7) is 7.53. The van der Waals surface area contributed by atoms with Crippen LogP contribution in [0, 0.1) is 5.92 Å². The van der Waals surface area contributed by atoms with Crippen molar-refractivity contribution in [1.29, 1.82) is 0 Å². The van der Waals surface area contributed by atoms with Crippen molar-refractivity contribution in [2.45, 2.75) is 39.2 Å². The lowest BCUT2D eigenvalue weighted by Crippen LogP contribution is -2.51. The summed E-state index contributed by atoms with van der Waals surface area (Å²) in [6.07, 6.45) is 1.57. The van der Waals surface area contributed by atoms with Crippen molar-refractivity contribution in [2.75, 3.05) is 32.1 Å². The molecule has 0 atom stereocenters. The molecule has 1 aliphatic rings. The summed E-state index contributed by atoms with van der Waals surface area (Å²) >= 11 is 0. The predicted molar refractivity (Wildman–Crippen MR) is 107 cm³/mol. The van der Waals surface area contributed by atoms with Crippen molar-refractivity contribution in [3.05, 3.63) is 24.3 Å². The molecule has 154 valence electrons. The molecule has 8 heteroatoms. The Balaban J connectivity index is 1.73. The molecule has 0 spiro atoms. The number of benzene rings is 1. The zero-order chi connectivity index (χ0) is 20.7. The molecule has 1 aromatic rings. The van der Waals surface area contributed by atoms with Crippen molar-refractivity contribution < 1.29 is 19.1 Å². The highest BCUT2D eigenvalue weighted by atomic mass is 16.5. The lowest BCUT2D eigenvalue weighted by molar-refractivity contribution is -0.136. The van der Waals surface area contributed by atoms with Gasteiger partial charge >= 0.3 is 17.8 Å². The van der Waals surface area contributed by atoms with Crippen LogP contribution >= 0.6 is 0 Å². The minimum atomic E-state index is -0.713. The van der Waals surface area contributed by atoms with E-state index < -0.39 is 11.8 Å². The summed E-state index contributed by atoms with van der Waals surface area (Å²) in [4.78, 5) is 38.0. The normalized spacial score (nSPS) is 14.9. The lowest BCUT2D eigenvalue weighted by Gasteiger charge is -2.34. The molecule has 0 unspecified atom stereocenters. The number of rotatable bonds is 4. The molecule has 0 radical (unpaired) electrons. The number of ether oxygens (including phenoxy) is 1. The van der Waals surface area contributed by atoms with Crippen LogP contribution in [0.3, 0.4) is 0 Å². The number of carbonyl (C=O) groups is 3. The summed E-state index contributed by atoms with van der Waals surface area (Å²) < 4.78 is 5.09. The van der Waals surface area contributed by atoms with Crippen molar-refractivity contribution in [1.82, 2.24) is 15.5 Å². The topological polar surface area (TPSA) is 99.8 Å². The predicted octanol–water partition coefficient (Wildman–Crippen LogP) is 1.97. The lowest BCUT2D eigenvalue weighted by atomic mass is 9.97. The third kappa shape index (κ3) is 6.75. The van der Waals surface area contributed by atoms with E-state index in [4.69, 9.17) is 4.74 Å². The minimum Gasteiger partial charge on any atom is -0.497 e. The van der Waals surface area contributed by atoms with Gasteiger partial charge in [-0.25, -0.2) is 4.79 Å². The van der Waals surface area contributed by atoms with Crippen LogP contribution in [0.4, 0.5) is 10.5 Å². The smallest absolute Gasteiger partial charge is 0.317 e. The molecular formula is C20H30N4O4. The van der Waals surface area contributed by atoms with Crippen LogP contribution in [0.25, 0.3) is 0 Å². The van der Waals surface area contributed by atoms with Crippen LogP contribution in [0.1, 0.15) is 33.6 Å². The number of hydrogen-bond donors (Lipinski definition) is 3. The van der Waals surface area contributed by atoms with Gasteiger partial charge in [0.25, 0.3) is 0 Å². The molecule has 0 bridgehead atoms. The van der Waals surface area contributed by atoms with Gasteiger partial charge in [0.2, 0.25) is 0 Å².